The monoisotopic (exact) mass is 451 g/mol. The third-order valence-electron chi connectivity index (χ3n) is 4.31. The van der Waals surface area contributed by atoms with Gasteiger partial charge in [0.05, 0.1) is 30.9 Å². The lowest BCUT2D eigenvalue weighted by Gasteiger charge is -2.26. The summed E-state index contributed by atoms with van der Waals surface area (Å²) in [7, 11) is -2.28. The molecule has 3 rings (SSSR count). The van der Waals surface area contributed by atoms with Crippen LogP contribution in [0.3, 0.4) is 0 Å². The SMILES string of the molecule is COC(=O)c1sc(NC(=O)/C=C/c2ccc(S(=O)(=O)N3CCOCC3)cc2)nc1C. The summed E-state index contributed by atoms with van der Waals surface area (Å²) < 4.78 is 36.5. The first-order valence-corrected chi connectivity index (χ1v) is 11.3. The number of hydrogen-bond donors (Lipinski definition) is 1. The molecule has 30 heavy (non-hydrogen) atoms. The molecule has 1 aliphatic rings. The second-order valence-corrected chi connectivity index (χ2v) is 9.27. The van der Waals surface area contributed by atoms with Crippen LogP contribution in [0.15, 0.2) is 35.2 Å². The Morgan fingerprint density at radius 2 is 1.90 bits per heavy atom. The lowest BCUT2D eigenvalue weighted by molar-refractivity contribution is -0.111. The standard InChI is InChI=1S/C19H21N3O6S2/c1-13-17(18(24)27-2)29-19(20-13)21-16(23)8-5-14-3-6-15(7-4-14)30(25,26)22-9-11-28-12-10-22/h3-8H,9-12H2,1-2H3,(H,20,21,23)/b8-5+. The van der Waals surface area contributed by atoms with Crippen LogP contribution in [0.2, 0.25) is 0 Å². The largest absolute Gasteiger partial charge is 0.465 e. The van der Waals surface area contributed by atoms with E-state index in [9.17, 15) is 18.0 Å². The average molecular weight is 452 g/mol. The molecule has 2 aromatic rings. The maximum Gasteiger partial charge on any atom is 0.350 e. The Labute approximate surface area is 178 Å². The Morgan fingerprint density at radius 3 is 2.53 bits per heavy atom. The number of rotatable bonds is 6. The van der Waals surface area contributed by atoms with Crippen LogP contribution >= 0.6 is 11.3 Å². The van der Waals surface area contributed by atoms with E-state index >= 15 is 0 Å². The number of amides is 1. The number of ether oxygens (including phenoxy) is 2. The van der Waals surface area contributed by atoms with E-state index in [1.165, 1.54) is 29.6 Å². The van der Waals surface area contributed by atoms with Crippen molar-refractivity contribution >= 4 is 44.4 Å². The molecule has 1 saturated heterocycles. The number of sulfonamides is 1. The summed E-state index contributed by atoms with van der Waals surface area (Å²) in [6.45, 7) is 3.08. The van der Waals surface area contributed by atoms with Gasteiger partial charge in [0.15, 0.2) is 5.13 Å². The molecule has 1 aliphatic heterocycles. The van der Waals surface area contributed by atoms with Gasteiger partial charge in [0.1, 0.15) is 4.88 Å². The minimum atomic E-state index is -3.56. The van der Waals surface area contributed by atoms with Gasteiger partial charge in [-0.15, -0.1) is 0 Å². The Morgan fingerprint density at radius 1 is 1.23 bits per heavy atom. The summed E-state index contributed by atoms with van der Waals surface area (Å²) in [4.78, 5) is 28.4. The van der Waals surface area contributed by atoms with Crippen molar-refractivity contribution in [3.63, 3.8) is 0 Å². The fraction of sp³-hybridized carbons (Fsp3) is 0.316. The van der Waals surface area contributed by atoms with Crippen LogP contribution in [-0.2, 0) is 24.3 Å². The van der Waals surface area contributed by atoms with Crippen molar-refractivity contribution in [2.45, 2.75) is 11.8 Å². The molecule has 1 fully saturated rings. The summed E-state index contributed by atoms with van der Waals surface area (Å²) in [5, 5.41) is 2.88. The van der Waals surface area contributed by atoms with Crippen LogP contribution in [0.1, 0.15) is 20.9 Å². The number of carbonyl (C=O) groups is 2. The highest BCUT2D eigenvalue weighted by Crippen LogP contribution is 2.23. The van der Waals surface area contributed by atoms with Gasteiger partial charge in [-0.2, -0.15) is 4.31 Å². The molecule has 2 heterocycles. The summed E-state index contributed by atoms with van der Waals surface area (Å²) in [6, 6.07) is 6.27. The zero-order chi connectivity index (χ0) is 21.7. The van der Waals surface area contributed by atoms with Crippen molar-refractivity contribution in [1.82, 2.24) is 9.29 Å². The Balaban J connectivity index is 1.63. The van der Waals surface area contributed by atoms with E-state index in [0.29, 0.717) is 42.4 Å². The number of nitrogens with zero attached hydrogens (tertiary/aromatic N) is 2. The molecule has 0 radical (unpaired) electrons. The summed E-state index contributed by atoms with van der Waals surface area (Å²) in [6.07, 6.45) is 2.86. The van der Waals surface area contributed by atoms with Crippen LogP contribution in [0.5, 0.6) is 0 Å². The number of carbonyl (C=O) groups excluding carboxylic acids is 2. The van der Waals surface area contributed by atoms with Crippen molar-refractivity contribution in [1.29, 1.82) is 0 Å². The van der Waals surface area contributed by atoms with Crippen molar-refractivity contribution in [2.24, 2.45) is 0 Å². The number of aryl methyl sites for hydroxylation is 1. The van der Waals surface area contributed by atoms with Gasteiger partial charge < -0.3 is 9.47 Å². The van der Waals surface area contributed by atoms with Crippen molar-refractivity contribution < 1.29 is 27.5 Å². The summed E-state index contributed by atoms with van der Waals surface area (Å²) in [5.74, 6) is -0.932. The van der Waals surface area contributed by atoms with E-state index < -0.39 is 21.9 Å². The lowest BCUT2D eigenvalue weighted by Crippen LogP contribution is -2.40. The lowest BCUT2D eigenvalue weighted by atomic mass is 10.2. The van der Waals surface area contributed by atoms with Crippen molar-refractivity contribution in [3.8, 4) is 0 Å². The summed E-state index contributed by atoms with van der Waals surface area (Å²) in [5.41, 5.74) is 1.14. The highest BCUT2D eigenvalue weighted by atomic mass is 32.2. The molecule has 9 nitrogen and oxygen atoms in total. The molecule has 160 valence electrons. The Kier molecular flexibility index (Phi) is 6.98. The minimum Gasteiger partial charge on any atom is -0.465 e. The molecule has 1 amide bonds. The predicted octanol–water partition coefficient (Wildman–Crippen LogP) is 1.91. The van der Waals surface area contributed by atoms with E-state index in [0.717, 1.165) is 11.3 Å². The Hall–Kier alpha value is -2.60. The third kappa shape index (κ3) is 5.11. The molecule has 0 aliphatic carbocycles. The van der Waals surface area contributed by atoms with Gasteiger partial charge in [-0.05, 0) is 30.7 Å². The maximum atomic E-state index is 12.6. The maximum absolute atomic E-state index is 12.6. The topological polar surface area (TPSA) is 115 Å². The fourth-order valence-electron chi connectivity index (χ4n) is 2.74. The van der Waals surface area contributed by atoms with Gasteiger partial charge in [0.2, 0.25) is 15.9 Å². The number of hydrogen-bond acceptors (Lipinski definition) is 8. The molecular weight excluding hydrogens is 430 g/mol. The van der Waals surface area contributed by atoms with Crippen molar-refractivity contribution in [2.75, 3.05) is 38.7 Å². The van der Waals surface area contributed by atoms with E-state index in [4.69, 9.17) is 4.74 Å². The first-order valence-electron chi connectivity index (χ1n) is 9.04. The Bertz CT molecular complexity index is 1050. The molecule has 11 heteroatoms. The van der Waals surface area contributed by atoms with Gasteiger partial charge in [-0.1, -0.05) is 23.5 Å². The van der Waals surface area contributed by atoms with Crippen LogP contribution in [0.25, 0.3) is 6.08 Å². The number of methoxy groups -OCH3 is 1. The number of aromatic nitrogens is 1. The molecule has 0 bridgehead atoms. The van der Waals surface area contributed by atoms with Gasteiger partial charge in [0, 0.05) is 19.2 Å². The molecule has 1 aromatic carbocycles. The molecule has 0 atom stereocenters. The van der Waals surface area contributed by atoms with Gasteiger partial charge in [-0.25, -0.2) is 18.2 Å². The van der Waals surface area contributed by atoms with Crippen molar-refractivity contribution in [3.05, 3.63) is 46.5 Å². The quantitative estimate of drug-likeness (QED) is 0.527. The second-order valence-electron chi connectivity index (χ2n) is 6.33. The summed E-state index contributed by atoms with van der Waals surface area (Å²) >= 11 is 1.03. The zero-order valence-corrected chi connectivity index (χ0v) is 18.1. The number of morpholine rings is 1. The smallest absolute Gasteiger partial charge is 0.350 e. The molecule has 0 unspecified atom stereocenters. The van der Waals surface area contributed by atoms with Crippen LogP contribution in [0, 0.1) is 6.92 Å². The van der Waals surface area contributed by atoms with E-state index in [-0.39, 0.29) is 10.0 Å². The second kappa shape index (κ2) is 9.47. The first kappa shape index (κ1) is 22.1. The molecule has 1 aromatic heterocycles. The predicted molar refractivity (Wildman–Crippen MR) is 112 cm³/mol. The average Bonchev–Trinajstić information content (AvgIpc) is 3.12. The first-order chi connectivity index (χ1) is 14.3. The minimum absolute atomic E-state index is 0.194. The number of esters is 1. The van der Waals surface area contributed by atoms with E-state index in [1.54, 1.807) is 25.1 Å². The van der Waals surface area contributed by atoms with Crippen LogP contribution < -0.4 is 5.32 Å². The molecule has 0 saturated carbocycles. The van der Waals surface area contributed by atoms with Gasteiger partial charge in [0.25, 0.3) is 0 Å². The molecular formula is C19H21N3O6S2. The number of thiazole rings is 1. The third-order valence-corrected chi connectivity index (χ3v) is 7.28. The zero-order valence-electron chi connectivity index (χ0n) is 16.5. The van der Waals surface area contributed by atoms with E-state index in [1.807, 2.05) is 0 Å². The van der Waals surface area contributed by atoms with Crippen LogP contribution in [-0.4, -0.2) is 63.0 Å². The van der Waals surface area contributed by atoms with Gasteiger partial charge in [-0.3, -0.25) is 10.1 Å². The molecule has 0 spiro atoms. The fourth-order valence-corrected chi connectivity index (χ4v) is 5.03. The van der Waals surface area contributed by atoms with Gasteiger partial charge >= 0.3 is 5.97 Å². The molecule has 1 N–H and O–H groups in total. The van der Waals surface area contributed by atoms with Crippen LogP contribution in [0.4, 0.5) is 5.13 Å². The number of anilines is 1. The number of nitrogens with one attached hydrogen (secondary N) is 1. The normalized spacial score (nSPS) is 15.3. The highest BCUT2D eigenvalue weighted by Gasteiger charge is 2.26. The number of benzene rings is 1. The van der Waals surface area contributed by atoms with E-state index in [2.05, 4.69) is 15.0 Å². The highest BCUT2D eigenvalue weighted by molar-refractivity contribution is 7.89.